The summed E-state index contributed by atoms with van der Waals surface area (Å²) >= 11 is 0. The molecule has 0 unspecified atom stereocenters. The van der Waals surface area contributed by atoms with E-state index in [9.17, 15) is 14.0 Å². The predicted octanol–water partition coefficient (Wildman–Crippen LogP) is 2.92. The van der Waals surface area contributed by atoms with Gasteiger partial charge in [0.15, 0.2) is 6.10 Å². The van der Waals surface area contributed by atoms with E-state index in [0.29, 0.717) is 55.4 Å². The number of halogens is 1. The van der Waals surface area contributed by atoms with E-state index >= 15 is 0 Å². The van der Waals surface area contributed by atoms with Crippen LogP contribution in [0.3, 0.4) is 0 Å². The van der Waals surface area contributed by atoms with Crippen molar-refractivity contribution in [3.05, 3.63) is 47.4 Å². The van der Waals surface area contributed by atoms with Crippen LogP contribution in [0, 0.1) is 11.7 Å². The number of fused-ring (bicyclic) bond motifs is 1. The van der Waals surface area contributed by atoms with Crippen LogP contribution >= 0.6 is 0 Å². The highest BCUT2D eigenvalue weighted by Crippen LogP contribution is 2.33. The second-order valence-corrected chi connectivity index (χ2v) is 9.06. The van der Waals surface area contributed by atoms with Crippen LogP contribution in [0.5, 0.6) is 11.6 Å². The van der Waals surface area contributed by atoms with Gasteiger partial charge in [-0.15, -0.1) is 0 Å². The average Bonchev–Trinajstić information content (AvgIpc) is 3.52. The number of carbonyl (C=O) groups excluding carboxylic acids is 2. The Morgan fingerprint density at radius 1 is 1.18 bits per heavy atom. The molecule has 2 amide bonds. The highest BCUT2D eigenvalue weighted by atomic mass is 19.1. The maximum atomic E-state index is 14.8. The molecule has 3 heterocycles. The molecule has 1 aliphatic carbocycles. The number of aliphatic hydroxyl groups is 1. The first kappa shape index (κ1) is 22.6. The number of aliphatic hydroxyl groups excluding tert-OH is 1. The average molecular weight is 470 g/mol. The predicted molar refractivity (Wildman–Crippen MR) is 121 cm³/mol. The van der Waals surface area contributed by atoms with Gasteiger partial charge in [0.1, 0.15) is 11.6 Å². The van der Waals surface area contributed by atoms with Gasteiger partial charge >= 0.3 is 0 Å². The number of amides is 2. The number of hydrogen-bond acceptors (Lipinski definition) is 6. The largest absolute Gasteiger partial charge is 0.479 e. The fourth-order valence-corrected chi connectivity index (χ4v) is 4.45. The fraction of sp³-hybridized carbons (Fsp3) is 0.480. The van der Waals surface area contributed by atoms with Gasteiger partial charge in [-0.25, -0.2) is 9.37 Å². The molecule has 0 bridgehead atoms. The van der Waals surface area contributed by atoms with Crippen molar-refractivity contribution in [1.82, 2.24) is 9.88 Å². The van der Waals surface area contributed by atoms with Crippen LogP contribution in [0.4, 0.5) is 10.1 Å². The van der Waals surface area contributed by atoms with E-state index in [-0.39, 0.29) is 30.5 Å². The maximum absolute atomic E-state index is 14.8. The summed E-state index contributed by atoms with van der Waals surface area (Å²) in [6, 6.07) is 6.33. The minimum absolute atomic E-state index is 0.0385. The van der Waals surface area contributed by atoms with Crippen LogP contribution in [0.25, 0.3) is 0 Å². The Morgan fingerprint density at radius 2 is 2.03 bits per heavy atom. The van der Waals surface area contributed by atoms with Gasteiger partial charge in [0, 0.05) is 55.5 Å². The first-order valence-electron chi connectivity index (χ1n) is 11.8. The molecular formula is C25H28FN3O5. The minimum Gasteiger partial charge on any atom is -0.479 e. The van der Waals surface area contributed by atoms with E-state index in [1.54, 1.807) is 18.2 Å². The molecule has 1 saturated carbocycles. The first-order valence-corrected chi connectivity index (χ1v) is 11.8. The Labute approximate surface area is 197 Å². The smallest absolute Gasteiger partial charge is 0.268 e. The molecule has 5 rings (SSSR count). The number of pyridine rings is 1. The van der Waals surface area contributed by atoms with Crippen molar-refractivity contribution in [2.45, 2.75) is 44.8 Å². The van der Waals surface area contributed by atoms with Crippen LogP contribution in [0.2, 0.25) is 0 Å². The van der Waals surface area contributed by atoms with Crippen molar-refractivity contribution >= 4 is 17.5 Å². The molecule has 1 N–H and O–H groups in total. The molecule has 0 radical (unpaired) electrons. The lowest BCUT2D eigenvalue weighted by molar-refractivity contribution is -0.122. The van der Waals surface area contributed by atoms with Crippen molar-refractivity contribution in [2.24, 2.45) is 5.92 Å². The Balaban J connectivity index is 1.22. The van der Waals surface area contributed by atoms with Gasteiger partial charge in [-0.2, -0.15) is 0 Å². The summed E-state index contributed by atoms with van der Waals surface area (Å²) in [4.78, 5) is 32.9. The van der Waals surface area contributed by atoms with Gasteiger partial charge in [-0.05, 0) is 37.0 Å². The van der Waals surface area contributed by atoms with Crippen molar-refractivity contribution in [2.75, 3.05) is 31.2 Å². The standard InChI is InChI=1S/C25H28FN3O5/c26-21-13-17(12-19-20(21)15-28(24(19)31)8-1-10-30)29-9-6-22(25(29)32)34-18-4-5-23(27-14-18)33-11-7-16-2-3-16/h4-5,12-14,16,22,30H,1-3,6-11,15H2/t22-/m1/s1. The van der Waals surface area contributed by atoms with Crippen LogP contribution < -0.4 is 14.4 Å². The third-order valence-corrected chi connectivity index (χ3v) is 6.56. The number of nitrogens with zero attached hydrogens (tertiary/aromatic N) is 3. The zero-order valence-electron chi connectivity index (χ0n) is 18.9. The Hall–Kier alpha value is -3.20. The lowest BCUT2D eigenvalue weighted by Gasteiger charge is -2.18. The van der Waals surface area contributed by atoms with Crippen LogP contribution in [-0.2, 0) is 11.3 Å². The van der Waals surface area contributed by atoms with Crippen LogP contribution in [0.15, 0.2) is 30.5 Å². The molecule has 9 heteroatoms. The van der Waals surface area contributed by atoms with E-state index < -0.39 is 11.9 Å². The molecule has 2 fully saturated rings. The number of carbonyl (C=O) groups is 2. The summed E-state index contributed by atoms with van der Waals surface area (Å²) in [5.41, 5.74) is 0.950. The van der Waals surface area contributed by atoms with E-state index in [2.05, 4.69) is 4.98 Å². The number of benzene rings is 1. The second kappa shape index (κ2) is 9.58. The van der Waals surface area contributed by atoms with Crippen LogP contribution in [-0.4, -0.2) is 59.2 Å². The molecular weight excluding hydrogens is 441 g/mol. The molecule has 2 aromatic rings. The minimum atomic E-state index is -0.712. The van der Waals surface area contributed by atoms with Crippen molar-refractivity contribution in [1.29, 1.82) is 0 Å². The number of anilines is 1. The Bertz CT molecular complexity index is 1070. The highest BCUT2D eigenvalue weighted by Gasteiger charge is 2.37. The van der Waals surface area contributed by atoms with Crippen molar-refractivity contribution < 1.29 is 28.6 Å². The zero-order valence-corrected chi connectivity index (χ0v) is 18.9. The lowest BCUT2D eigenvalue weighted by atomic mass is 10.1. The Kier molecular flexibility index (Phi) is 6.36. The third-order valence-electron chi connectivity index (χ3n) is 6.56. The highest BCUT2D eigenvalue weighted by molar-refractivity contribution is 6.03. The SMILES string of the molecule is O=C1c2cc(N3CC[C@@H](Oc4ccc(OCCC5CC5)nc4)C3=O)cc(F)c2CN1CCCO. The van der Waals surface area contributed by atoms with Gasteiger partial charge in [-0.1, -0.05) is 12.8 Å². The van der Waals surface area contributed by atoms with E-state index in [0.717, 1.165) is 12.3 Å². The van der Waals surface area contributed by atoms with E-state index in [1.807, 2.05) is 0 Å². The van der Waals surface area contributed by atoms with E-state index in [1.165, 1.54) is 34.9 Å². The molecule has 1 saturated heterocycles. The molecule has 1 aromatic carbocycles. The molecule has 34 heavy (non-hydrogen) atoms. The summed E-state index contributed by atoms with van der Waals surface area (Å²) in [6.45, 7) is 1.50. The lowest BCUT2D eigenvalue weighted by Crippen LogP contribution is -2.32. The molecule has 1 aromatic heterocycles. The fourth-order valence-electron chi connectivity index (χ4n) is 4.45. The molecule has 1 atom stereocenters. The van der Waals surface area contributed by atoms with Gasteiger partial charge in [-0.3, -0.25) is 9.59 Å². The summed E-state index contributed by atoms with van der Waals surface area (Å²) in [5.74, 6) is 0.705. The third kappa shape index (κ3) is 4.70. The molecule has 0 spiro atoms. The van der Waals surface area contributed by atoms with E-state index in [4.69, 9.17) is 14.6 Å². The first-order chi connectivity index (χ1) is 16.5. The zero-order chi connectivity index (χ0) is 23.7. The molecule has 8 nitrogen and oxygen atoms in total. The summed E-state index contributed by atoms with van der Waals surface area (Å²) in [6.07, 6.45) is 5.31. The summed E-state index contributed by atoms with van der Waals surface area (Å²) in [5, 5.41) is 9.02. The second-order valence-electron chi connectivity index (χ2n) is 9.06. The number of aromatic nitrogens is 1. The summed E-state index contributed by atoms with van der Waals surface area (Å²) < 4.78 is 26.3. The monoisotopic (exact) mass is 469 g/mol. The summed E-state index contributed by atoms with van der Waals surface area (Å²) in [7, 11) is 0. The van der Waals surface area contributed by atoms with Gasteiger partial charge < -0.3 is 24.4 Å². The molecule has 180 valence electrons. The Morgan fingerprint density at radius 3 is 2.76 bits per heavy atom. The van der Waals surface area contributed by atoms with Crippen molar-refractivity contribution in [3.8, 4) is 11.6 Å². The molecule has 3 aliphatic rings. The number of ether oxygens (including phenoxy) is 2. The van der Waals surface area contributed by atoms with Crippen LogP contribution in [0.1, 0.15) is 48.0 Å². The number of hydrogen-bond donors (Lipinski definition) is 1. The van der Waals surface area contributed by atoms with Gasteiger partial charge in [0.2, 0.25) is 5.88 Å². The van der Waals surface area contributed by atoms with Gasteiger partial charge in [0.05, 0.1) is 12.8 Å². The normalized spacial score (nSPS) is 19.6. The molecule has 2 aliphatic heterocycles. The quantitative estimate of drug-likeness (QED) is 0.575. The topological polar surface area (TPSA) is 92.2 Å². The maximum Gasteiger partial charge on any atom is 0.268 e. The van der Waals surface area contributed by atoms with Gasteiger partial charge in [0.25, 0.3) is 11.8 Å². The number of rotatable bonds is 10. The van der Waals surface area contributed by atoms with Crippen molar-refractivity contribution in [3.63, 3.8) is 0 Å².